The summed E-state index contributed by atoms with van der Waals surface area (Å²) in [6, 6.07) is 8.16. The molecule has 1 rings (SSSR count). The minimum Gasteiger partial charge on any atom is -0.388 e. The predicted octanol–water partition coefficient (Wildman–Crippen LogP) is 7.75. The molecule has 0 aliphatic carbocycles. The van der Waals surface area contributed by atoms with Crippen LogP contribution in [0.1, 0.15) is 118 Å². The molecule has 9 N–H and O–H groups in total. The zero-order valence-corrected chi connectivity index (χ0v) is 38.6. The summed E-state index contributed by atoms with van der Waals surface area (Å²) in [5, 5.41) is 14.3. The Morgan fingerprint density at radius 2 is 1.56 bits per heavy atom. The van der Waals surface area contributed by atoms with Gasteiger partial charge in [-0.3, -0.25) is 26.7 Å². The number of rotatable bonds is 35. The Hall–Kier alpha value is -2.63. The minimum atomic E-state index is -0.928. The average molecular weight is 886 g/mol. The van der Waals surface area contributed by atoms with Gasteiger partial charge < -0.3 is 43.7 Å². The Labute approximate surface area is 364 Å². The summed E-state index contributed by atoms with van der Waals surface area (Å²) in [6.07, 6.45) is 11.1. The lowest BCUT2D eigenvalue weighted by Crippen LogP contribution is -2.47. The lowest BCUT2D eigenvalue weighted by atomic mass is 9.96. The van der Waals surface area contributed by atoms with E-state index in [4.69, 9.17) is 35.5 Å². The number of nitrogen functional groups attached to an aromatic ring is 1. The Kier molecular flexibility index (Phi) is 44.3. The number of halogens is 1. The highest BCUT2D eigenvalue weighted by Crippen LogP contribution is 2.34. The third-order valence-corrected chi connectivity index (χ3v) is 10.2. The van der Waals surface area contributed by atoms with Gasteiger partial charge >= 0.3 is 0 Å². The summed E-state index contributed by atoms with van der Waals surface area (Å²) in [6.45, 7) is 16.6. The minimum absolute atomic E-state index is 0.152. The molecule has 2 amide bonds. The predicted molar refractivity (Wildman–Crippen MR) is 242 cm³/mol. The van der Waals surface area contributed by atoms with Gasteiger partial charge in [0.05, 0.1) is 32.3 Å². The lowest BCUT2D eigenvalue weighted by molar-refractivity contribution is -0.123. The van der Waals surface area contributed by atoms with Gasteiger partial charge in [0.15, 0.2) is 16.8 Å². The molecule has 4 atom stereocenters. The number of nitrogens with one attached hydrogen (secondary N) is 5. The molecule has 1 aromatic rings. The fourth-order valence-corrected chi connectivity index (χ4v) is 6.53. The van der Waals surface area contributed by atoms with E-state index < -0.39 is 22.8 Å². The first-order chi connectivity index (χ1) is 30.7. The molecule has 19 heteroatoms. The van der Waals surface area contributed by atoms with Crippen LogP contribution in [0, 0.1) is 23.8 Å². The van der Waals surface area contributed by atoms with Gasteiger partial charge in [-0.25, -0.2) is 6.57 Å². The van der Waals surface area contributed by atoms with E-state index in [1.165, 1.54) is 14.8 Å². The van der Waals surface area contributed by atoms with Gasteiger partial charge in [-0.15, -0.1) is 4.48 Å². The highest BCUT2D eigenvalue weighted by atomic mass is 31.2. The molecule has 0 saturated heterocycles. The van der Waals surface area contributed by atoms with Crippen molar-refractivity contribution in [1.29, 1.82) is 5.26 Å². The number of amides is 2. The number of hydrazine groups is 2. The van der Waals surface area contributed by atoms with Crippen molar-refractivity contribution in [2.24, 2.45) is 17.6 Å². The van der Waals surface area contributed by atoms with E-state index in [1.807, 2.05) is 19.4 Å². The highest BCUT2D eigenvalue weighted by Gasteiger charge is 2.21. The Morgan fingerprint density at radius 3 is 2.19 bits per heavy atom. The monoisotopic (exact) mass is 886 g/mol. The normalized spacial score (nSPS) is 12.8. The van der Waals surface area contributed by atoms with E-state index in [9.17, 15) is 14.1 Å². The number of anilines is 1. The maximum absolute atomic E-state index is 12.7. The summed E-state index contributed by atoms with van der Waals surface area (Å²) in [4.78, 5) is 28.6. The van der Waals surface area contributed by atoms with E-state index in [0.717, 1.165) is 70.6 Å². The largest absolute Gasteiger partial charge is 0.388 e. The number of ether oxygens (including phenoxy) is 1. The average Bonchev–Trinajstić information content (AvgIpc) is 3.29. The smallest absolute Gasteiger partial charge is 0.251 e. The maximum atomic E-state index is 12.7. The van der Waals surface area contributed by atoms with Gasteiger partial charge in [0.1, 0.15) is 15.5 Å². The number of nitrogens with two attached hydrogens (primary N) is 2. The number of nitrogens with zero attached hydrogens (tertiary/aromatic N) is 2. The molecule has 0 aromatic heterocycles. The SMILES string of the molecule is COC.[2H]NNCCC(CCCNF)CCOP(C)OCC[N+]#[C-].[2H]NNc1ccc(C(=O)NC(CCCCC)C(=O)NCCCCCCOP(C)OCCC#N)cc1.[3H]C.[3H]C. The fourth-order valence-electron chi connectivity index (χ4n) is 4.95. The standard InChI is InChI=1S/C24H40N5O4P.C12H26FN4O2P.C2H6O.2CH4/c1-3-4-7-11-22(28-23(30)20-12-14-21(29-26)15-13-20)24(31)27-17-8-5-6-9-18-32-34(2)33-19-10-16-25;1-15-9-11-19-20(2)18-10-6-12(5-8-17-14)4-3-7-16-13;1-3-2;;/h12-15,22,29H,3-11,17-19,26H2,1-2H3,(H,27,31)(H,28,30);12,16-17H,3-11,14H2,2H3;1-2H3;2*1H4/i;;;2*1T/hD2. The van der Waals surface area contributed by atoms with Crippen LogP contribution in [0.4, 0.5) is 10.2 Å². The van der Waals surface area contributed by atoms with Crippen LogP contribution in [0.25, 0.3) is 4.85 Å². The van der Waals surface area contributed by atoms with Crippen LogP contribution in [0.2, 0.25) is 2.82 Å². The third-order valence-electron chi connectivity index (χ3n) is 7.98. The summed E-state index contributed by atoms with van der Waals surface area (Å²) in [5.74, 6) is 4.21. The summed E-state index contributed by atoms with van der Waals surface area (Å²) in [7, 11) is 3.90. The molecule has 16 nitrogen and oxygen atoms in total. The second-order valence-electron chi connectivity index (χ2n) is 12.7. The van der Waals surface area contributed by atoms with Gasteiger partial charge in [0, 0.05) is 61.2 Å². The van der Waals surface area contributed by atoms with Crippen LogP contribution in [0.15, 0.2) is 24.3 Å². The lowest BCUT2D eigenvalue weighted by Gasteiger charge is -2.19. The number of nitriles is 1. The summed E-state index contributed by atoms with van der Waals surface area (Å²) in [5.41, 5.74) is 8.16. The van der Waals surface area contributed by atoms with Crippen LogP contribution in [-0.2, 0) is 27.6 Å². The molecule has 0 radical (unpaired) electrons. The van der Waals surface area contributed by atoms with E-state index in [2.05, 4.69) is 49.7 Å². The molecule has 0 saturated carbocycles. The molecular formula is C40H80FN9O7P2. The number of carbonyl (C=O) groups excluding carboxylic acids is 2. The number of hydrogen-bond donors (Lipinski definition) is 7. The van der Waals surface area contributed by atoms with Crippen molar-refractivity contribution in [2.75, 3.05) is 85.6 Å². The van der Waals surface area contributed by atoms with Crippen molar-refractivity contribution in [3.05, 3.63) is 41.2 Å². The van der Waals surface area contributed by atoms with Crippen molar-refractivity contribution in [3.8, 4) is 6.07 Å². The molecule has 344 valence electrons. The number of benzene rings is 1. The van der Waals surface area contributed by atoms with Crippen LogP contribution < -0.4 is 38.7 Å². The quantitative estimate of drug-likeness (QED) is 0.00867. The molecule has 0 fully saturated rings. The second kappa shape index (κ2) is 48.0. The van der Waals surface area contributed by atoms with E-state index in [1.54, 1.807) is 44.0 Å². The Bertz CT molecular complexity index is 1220. The molecule has 59 heavy (non-hydrogen) atoms. The molecule has 0 spiro atoms. The van der Waals surface area contributed by atoms with Gasteiger partial charge in [-0.2, -0.15) is 10.8 Å². The van der Waals surface area contributed by atoms with Crippen molar-refractivity contribution < 1.29 is 42.5 Å². The molecular weight excluding hydrogens is 799 g/mol. The van der Waals surface area contributed by atoms with E-state index in [-0.39, 0.29) is 11.8 Å². The van der Waals surface area contributed by atoms with Crippen LogP contribution in [0.5, 0.6) is 0 Å². The topological polar surface area (TPSA) is 221 Å². The number of carbonyl (C=O) groups is 2. The van der Waals surface area contributed by atoms with Crippen LogP contribution in [-0.4, -0.2) is 98.0 Å². The zero-order valence-electron chi connectivity index (χ0n) is 40.8. The van der Waals surface area contributed by atoms with Crippen LogP contribution in [0.3, 0.4) is 0 Å². The van der Waals surface area contributed by atoms with Crippen molar-refractivity contribution >= 4 is 34.3 Å². The molecule has 1 aromatic carbocycles. The Balaban J connectivity index is -0.000000529. The third kappa shape index (κ3) is 40.5. The molecule has 0 aliphatic heterocycles. The molecule has 0 bridgehead atoms. The van der Waals surface area contributed by atoms with E-state index in [0.29, 0.717) is 82.6 Å². The van der Waals surface area contributed by atoms with Gasteiger partial charge in [0.2, 0.25) is 12.5 Å². The number of unbranched alkanes of at least 4 members (excludes halogenated alkanes) is 5. The van der Waals surface area contributed by atoms with E-state index >= 15 is 0 Å². The Morgan fingerprint density at radius 1 is 0.898 bits per heavy atom. The highest BCUT2D eigenvalue weighted by molar-refractivity contribution is 7.46. The molecule has 4 unspecified atom stereocenters. The summed E-state index contributed by atoms with van der Waals surface area (Å²) < 4.78 is 63.4. The first-order valence-corrected chi connectivity index (χ1v) is 22.9. The number of methoxy groups -OCH3 is 1. The fraction of sp³-hybridized carbons (Fsp3) is 0.750. The van der Waals surface area contributed by atoms with Gasteiger partial charge in [0.25, 0.3) is 5.91 Å². The first-order valence-electron chi connectivity index (χ1n) is 22.6. The first kappa shape index (κ1) is 54.4. The van der Waals surface area contributed by atoms with Gasteiger partial charge in [-0.05, 0) is 75.1 Å². The molecule has 0 aliphatic rings. The van der Waals surface area contributed by atoms with Crippen molar-refractivity contribution in [1.82, 2.24) is 21.6 Å². The van der Waals surface area contributed by atoms with Crippen LogP contribution >= 0.6 is 16.8 Å². The zero-order chi connectivity index (χ0) is 48.2. The summed E-state index contributed by atoms with van der Waals surface area (Å²) >= 11 is 0. The van der Waals surface area contributed by atoms with Gasteiger partial charge in [-0.1, -0.05) is 53.8 Å². The molecule has 0 heterocycles. The van der Waals surface area contributed by atoms with Crippen molar-refractivity contribution in [3.63, 3.8) is 0 Å². The maximum Gasteiger partial charge on any atom is 0.251 e. The number of hydrogen-bond acceptors (Lipinski definition) is 13. The second-order valence-corrected chi connectivity index (χ2v) is 15.5. The van der Waals surface area contributed by atoms with Crippen molar-refractivity contribution in [2.45, 2.75) is 111 Å².